The van der Waals surface area contributed by atoms with Crippen molar-refractivity contribution in [3.63, 3.8) is 0 Å². The Labute approximate surface area is 151 Å². The highest BCUT2D eigenvalue weighted by molar-refractivity contribution is 7.98. The fourth-order valence-corrected chi connectivity index (χ4v) is 3.00. The molecule has 1 N–H and O–H groups in total. The molecular formula is C16H14F2N4O3S. The Balaban J connectivity index is 1.74. The minimum absolute atomic E-state index is 0.0230. The minimum atomic E-state index is -2.92. The van der Waals surface area contributed by atoms with Crippen LogP contribution in [0, 0.1) is 0 Å². The number of rotatable bonds is 7. The van der Waals surface area contributed by atoms with Crippen LogP contribution in [0.15, 0.2) is 47.6 Å². The average molecular weight is 380 g/mol. The van der Waals surface area contributed by atoms with Crippen molar-refractivity contribution in [2.24, 2.45) is 0 Å². The number of nitrogens with zero attached hydrogens (tertiary/aromatic N) is 4. The molecule has 3 aromatic rings. The van der Waals surface area contributed by atoms with Crippen molar-refractivity contribution >= 4 is 11.8 Å². The van der Waals surface area contributed by atoms with Crippen LogP contribution in [0.3, 0.4) is 0 Å². The predicted molar refractivity (Wildman–Crippen MR) is 90.0 cm³/mol. The van der Waals surface area contributed by atoms with E-state index in [0.29, 0.717) is 16.6 Å². The van der Waals surface area contributed by atoms with E-state index >= 15 is 0 Å². The third-order valence-electron chi connectivity index (χ3n) is 3.35. The first kappa shape index (κ1) is 17.9. The fraction of sp³-hybridized carbons (Fsp3) is 0.188. The first-order valence-corrected chi connectivity index (χ1v) is 8.37. The van der Waals surface area contributed by atoms with Crippen LogP contribution >= 0.6 is 11.8 Å². The van der Waals surface area contributed by atoms with Crippen LogP contribution in [-0.4, -0.2) is 39.0 Å². The van der Waals surface area contributed by atoms with Gasteiger partial charge in [0.2, 0.25) is 5.16 Å². The van der Waals surface area contributed by atoms with E-state index in [0.717, 1.165) is 5.56 Å². The molecule has 1 heterocycles. The van der Waals surface area contributed by atoms with Gasteiger partial charge in [-0.15, -0.1) is 5.10 Å². The summed E-state index contributed by atoms with van der Waals surface area (Å²) in [5.41, 5.74) is 1.53. The third kappa shape index (κ3) is 4.20. The standard InChI is InChI=1S/C16H14F2N4O3S/c1-24-14-8-10(2-7-13(14)25-15(17)18)9-26-16-19-20-21-22(16)11-3-5-12(23)6-4-11/h2-8,15,23H,9H2,1H3. The Morgan fingerprint density at radius 3 is 2.62 bits per heavy atom. The molecule has 0 aliphatic carbocycles. The molecule has 0 aliphatic heterocycles. The highest BCUT2D eigenvalue weighted by atomic mass is 32.2. The number of hydrogen-bond acceptors (Lipinski definition) is 7. The van der Waals surface area contributed by atoms with E-state index in [2.05, 4.69) is 20.3 Å². The third-order valence-corrected chi connectivity index (χ3v) is 4.34. The smallest absolute Gasteiger partial charge is 0.387 e. The molecule has 0 unspecified atom stereocenters. The van der Waals surface area contributed by atoms with Gasteiger partial charge in [-0.25, -0.2) is 0 Å². The molecule has 136 valence electrons. The summed E-state index contributed by atoms with van der Waals surface area (Å²) < 4.78 is 35.8. The highest BCUT2D eigenvalue weighted by Gasteiger charge is 2.13. The van der Waals surface area contributed by atoms with Crippen LogP contribution in [0.5, 0.6) is 17.2 Å². The number of thioether (sulfide) groups is 1. The van der Waals surface area contributed by atoms with Crippen molar-refractivity contribution in [1.29, 1.82) is 0 Å². The monoisotopic (exact) mass is 380 g/mol. The first-order chi connectivity index (χ1) is 12.6. The van der Waals surface area contributed by atoms with Gasteiger partial charge in [-0.1, -0.05) is 17.8 Å². The average Bonchev–Trinajstić information content (AvgIpc) is 3.09. The number of benzene rings is 2. The Hall–Kier alpha value is -2.88. The zero-order valence-electron chi connectivity index (χ0n) is 13.5. The summed E-state index contributed by atoms with van der Waals surface area (Å²) in [5.74, 6) is 0.838. The van der Waals surface area contributed by atoms with Crippen LogP contribution in [0.2, 0.25) is 0 Å². The van der Waals surface area contributed by atoms with Gasteiger partial charge in [0.1, 0.15) is 5.75 Å². The molecular weight excluding hydrogens is 366 g/mol. The van der Waals surface area contributed by atoms with Gasteiger partial charge in [-0.2, -0.15) is 13.5 Å². The number of tetrazole rings is 1. The van der Waals surface area contributed by atoms with Gasteiger partial charge in [0.15, 0.2) is 11.5 Å². The van der Waals surface area contributed by atoms with Crippen LogP contribution in [0.25, 0.3) is 5.69 Å². The quantitative estimate of drug-likeness (QED) is 0.630. The number of ether oxygens (including phenoxy) is 2. The number of aromatic hydroxyl groups is 1. The largest absolute Gasteiger partial charge is 0.508 e. The fourth-order valence-electron chi connectivity index (χ4n) is 2.17. The van der Waals surface area contributed by atoms with Crippen molar-refractivity contribution < 1.29 is 23.4 Å². The molecule has 0 spiro atoms. The van der Waals surface area contributed by atoms with Gasteiger partial charge in [0.25, 0.3) is 0 Å². The topological polar surface area (TPSA) is 82.3 Å². The highest BCUT2D eigenvalue weighted by Crippen LogP contribution is 2.32. The Kier molecular flexibility index (Phi) is 5.52. The number of hydrogen-bond donors (Lipinski definition) is 1. The van der Waals surface area contributed by atoms with Gasteiger partial charge in [-0.3, -0.25) is 0 Å². The van der Waals surface area contributed by atoms with Crippen molar-refractivity contribution in [3.05, 3.63) is 48.0 Å². The van der Waals surface area contributed by atoms with Crippen molar-refractivity contribution in [2.75, 3.05) is 7.11 Å². The molecule has 26 heavy (non-hydrogen) atoms. The lowest BCUT2D eigenvalue weighted by Gasteiger charge is -2.11. The zero-order chi connectivity index (χ0) is 18.5. The normalized spacial score (nSPS) is 10.9. The number of halogens is 2. The molecule has 7 nitrogen and oxygen atoms in total. The molecule has 0 bridgehead atoms. The molecule has 2 aromatic carbocycles. The summed E-state index contributed by atoms with van der Waals surface area (Å²) in [5, 5.41) is 21.5. The summed E-state index contributed by atoms with van der Waals surface area (Å²) in [6.45, 7) is -2.92. The minimum Gasteiger partial charge on any atom is -0.508 e. The predicted octanol–water partition coefficient (Wildman–Crippen LogP) is 3.27. The number of phenols is 1. The summed E-state index contributed by atoms with van der Waals surface area (Å²) in [7, 11) is 1.38. The van der Waals surface area contributed by atoms with Crippen LogP contribution in [0.1, 0.15) is 5.56 Å². The van der Waals surface area contributed by atoms with Crippen LogP contribution in [-0.2, 0) is 5.75 Å². The van der Waals surface area contributed by atoms with Crippen LogP contribution < -0.4 is 9.47 Å². The number of methoxy groups -OCH3 is 1. The molecule has 0 saturated heterocycles. The van der Waals surface area contributed by atoms with Gasteiger partial charge in [0, 0.05) is 5.75 Å². The maximum Gasteiger partial charge on any atom is 0.387 e. The molecule has 0 radical (unpaired) electrons. The molecule has 0 saturated carbocycles. The maximum atomic E-state index is 12.4. The van der Waals surface area contributed by atoms with Gasteiger partial charge in [-0.05, 0) is 52.4 Å². The molecule has 0 fully saturated rings. The Morgan fingerprint density at radius 1 is 1.15 bits per heavy atom. The number of aromatic nitrogens is 4. The molecule has 0 atom stereocenters. The summed E-state index contributed by atoms with van der Waals surface area (Å²) in [4.78, 5) is 0. The van der Waals surface area contributed by atoms with E-state index in [4.69, 9.17) is 4.74 Å². The van der Waals surface area contributed by atoms with Crippen molar-refractivity contribution in [1.82, 2.24) is 20.2 Å². The second-order valence-corrected chi connectivity index (χ2v) is 5.98. The van der Waals surface area contributed by atoms with Gasteiger partial charge in [0.05, 0.1) is 12.8 Å². The molecule has 10 heteroatoms. The molecule has 0 amide bonds. The zero-order valence-corrected chi connectivity index (χ0v) is 14.4. The lowest BCUT2D eigenvalue weighted by molar-refractivity contribution is -0.0512. The van der Waals surface area contributed by atoms with E-state index in [1.54, 1.807) is 24.3 Å². The number of phenolic OH excluding ortho intramolecular Hbond substituents is 1. The summed E-state index contributed by atoms with van der Waals surface area (Å²) in [6.07, 6.45) is 0. The first-order valence-electron chi connectivity index (χ1n) is 7.39. The van der Waals surface area contributed by atoms with Gasteiger partial charge >= 0.3 is 6.61 Å². The molecule has 0 aliphatic rings. The van der Waals surface area contributed by atoms with Gasteiger partial charge < -0.3 is 14.6 Å². The van der Waals surface area contributed by atoms with E-state index < -0.39 is 6.61 Å². The molecule has 1 aromatic heterocycles. The van der Waals surface area contributed by atoms with Crippen molar-refractivity contribution in [3.8, 4) is 22.9 Å². The van der Waals surface area contributed by atoms with E-state index in [1.165, 1.54) is 41.8 Å². The van der Waals surface area contributed by atoms with E-state index in [1.807, 2.05) is 0 Å². The van der Waals surface area contributed by atoms with E-state index in [-0.39, 0.29) is 17.2 Å². The lowest BCUT2D eigenvalue weighted by Crippen LogP contribution is -2.03. The lowest BCUT2D eigenvalue weighted by atomic mass is 10.2. The second kappa shape index (κ2) is 8.00. The number of alkyl halides is 2. The van der Waals surface area contributed by atoms with Crippen molar-refractivity contribution in [2.45, 2.75) is 17.5 Å². The maximum absolute atomic E-state index is 12.4. The van der Waals surface area contributed by atoms with E-state index in [9.17, 15) is 13.9 Å². The molecule has 3 rings (SSSR count). The Bertz CT molecular complexity index is 874. The Morgan fingerprint density at radius 2 is 1.92 bits per heavy atom. The SMILES string of the molecule is COc1cc(CSc2nnnn2-c2ccc(O)cc2)ccc1OC(F)F. The summed E-state index contributed by atoms with van der Waals surface area (Å²) in [6, 6.07) is 11.2. The summed E-state index contributed by atoms with van der Waals surface area (Å²) >= 11 is 1.36. The second-order valence-electron chi connectivity index (χ2n) is 5.04. The van der Waals surface area contributed by atoms with Crippen LogP contribution in [0.4, 0.5) is 8.78 Å².